The number of nitrogens with one attached hydrogen (secondary N) is 1. The Labute approximate surface area is 116 Å². The third kappa shape index (κ3) is 2.18. The molecular formula is C13H14N2O4S. The fourth-order valence-electron chi connectivity index (χ4n) is 2.66. The molecule has 0 saturated carbocycles. The lowest BCUT2D eigenvalue weighted by molar-refractivity contribution is 0.0697. The molecule has 6 nitrogen and oxygen atoms in total. The van der Waals surface area contributed by atoms with Gasteiger partial charge in [0.05, 0.1) is 16.6 Å². The molecule has 0 bridgehead atoms. The van der Waals surface area contributed by atoms with E-state index in [1.807, 2.05) is 0 Å². The van der Waals surface area contributed by atoms with E-state index < -0.39 is 16.8 Å². The van der Waals surface area contributed by atoms with Crippen LogP contribution in [0.4, 0.5) is 0 Å². The first-order valence-corrected chi connectivity index (χ1v) is 7.87. The second-order valence-electron chi connectivity index (χ2n) is 4.92. The average Bonchev–Trinajstić information content (AvgIpc) is 2.75. The average molecular weight is 294 g/mol. The van der Waals surface area contributed by atoms with Crippen LogP contribution in [0.2, 0.25) is 0 Å². The second-order valence-corrected chi connectivity index (χ2v) is 6.61. The van der Waals surface area contributed by atoms with Crippen LogP contribution in [0.15, 0.2) is 23.0 Å². The molecule has 20 heavy (non-hydrogen) atoms. The molecule has 1 aromatic carbocycles. The third-order valence-electron chi connectivity index (χ3n) is 3.69. The van der Waals surface area contributed by atoms with Gasteiger partial charge in [-0.2, -0.15) is 0 Å². The van der Waals surface area contributed by atoms with Crippen molar-refractivity contribution in [3.63, 3.8) is 0 Å². The summed E-state index contributed by atoms with van der Waals surface area (Å²) in [4.78, 5) is 25.9. The number of carboxylic acids is 1. The van der Waals surface area contributed by atoms with E-state index in [1.54, 1.807) is 10.6 Å². The van der Waals surface area contributed by atoms with Crippen LogP contribution >= 0.6 is 0 Å². The molecule has 0 unspecified atom stereocenters. The minimum atomic E-state index is -1.02. The van der Waals surface area contributed by atoms with Crippen molar-refractivity contribution < 1.29 is 14.1 Å². The number of nitrogens with zero attached hydrogens (tertiary/aromatic N) is 1. The van der Waals surface area contributed by atoms with Gasteiger partial charge in [0, 0.05) is 28.3 Å². The highest BCUT2D eigenvalue weighted by molar-refractivity contribution is 7.85. The maximum Gasteiger partial charge on any atom is 0.335 e. The first-order valence-electron chi connectivity index (χ1n) is 6.39. The molecule has 1 aliphatic rings. The Morgan fingerprint density at radius 3 is 2.70 bits per heavy atom. The van der Waals surface area contributed by atoms with Gasteiger partial charge in [0.15, 0.2) is 0 Å². The Morgan fingerprint density at radius 2 is 2.05 bits per heavy atom. The monoisotopic (exact) mass is 294 g/mol. The molecule has 1 saturated heterocycles. The van der Waals surface area contributed by atoms with E-state index in [9.17, 15) is 13.8 Å². The van der Waals surface area contributed by atoms with Crippen molar-refractivity contribution in [3.8, 4) is 0 Å². The Kier molecular flexibility index (Phi) is 3.21. The van der Waals surface area contributed by atoms with E-state index in [4.69, 9.17) is 5.11 Å². The lowest BCUT2D eigenvalue weighted by atomic mass is 10.1. The highest BCUT2D eigenvalue weighted by atomic mass is 32.2. The van der Waals surface area contributed by atoms with Gasteiger partial charge in [-0.3, -0.25) is 8.78 Å². The van der Waals surface area contributed by atoms with Gasteiger partial charge in [0.25, 0.3) is 0 Å². The molecule has 106 valence electrons. The van der Waals surface area contributed by atoms with Crippen LogP contribution in [0.25, 0.3) is 11.0 Å². The number of aromatic nitrogens is 2. The fourth-order valence-corrected chi connectivity index (χ4v) is 3.93. The number of imidazole rings is 1. The number of aromatic carboxylic acids is 1. The summed E-state index contributed by atoms with van der Waals surface area (Å²) in [5.41, 5.74) is 1.16. The SMILES string of the molecule is O=C(O)c1ccc2[nH]c(=O)n(C3CCS(=O)CC3)c2c1. The minimum Gasteiger partial charge on any atom is -0.478 e. The van der Waals surface area contributed by atoms with Gasteiger partial charge in [-0.05, 0) is 31.0 Å². The lowest BCUT2D eigenvalue weighted by Crippen LogP contribution is -2.28. The number of aromatic amines is 1. The first-order chi connectivity index (χ1) is 9.56. The predicted molar refractivity (Wildman–Crippen MR) is 75.7 cm³/mol. The summed E-state index contributed by atoms with van der Waals surface area (Å²) in [7, 11) is -0.794. The van der Waals surface area contributed by atoms with Gasteiger partial charge in [0.1, 0.15) is 0 Å². The molecule has 1 fully saturated rings. The maximum atomic E-state index is 12.1. The van der Waals surface area contributed by atoms with Crippen LogP contribution < -0.4 is 5.69 Å². The summed E-state index contributed by atoms with van der Waals surface area (Å²) in [6.07, 6.45) is 1.35. The van der Waals surface area contributed by atoms with Crippen LogP contribution in [-0.4, -0.2) is 36.3 Å². The number of carbonyl (C=O) groups is 1. The topological polar surface area (TPSA) is 92.2 Å². The van der Waals surface area contributed by atoms with Crippen LogP contribution in [0.3, 0.4) is 0 Å². The van der Waals surface area contributed by atoms with E-state index in [1.165, 1.54) is 12.1 Å². The van der Waals surface area contributed by atoms with E-state index in [-0.39, 0.29) is 17.3 Å². The molecule has 2 aromatic rings. The summed E-state index contributed by atoms with van der Waals surface area (Å²) >= 11 is 0. The molecule has 0 spiro atoms. The van der Waals surface area contributed by atoms with Crippen molar-refractivity contribution in [3.05, 3.63) is 34.2 Å². The number of benzene rings is 1. The molecule has 2 N–H and O–H groups in total. The van der Waals surface area contributed by atoms with Crippen LogP contribution in [-0.2, 0) is 10.8 Å². The van der Waals surface area contributed by atoms with Gasteiger partial charge in [-0.1, -0.05) is 0 Å². The molecule has 7 heteroatoms. The Morgan fingerprint density at radius 1 is 1.35 bits per heavy atom. The van der Waals surface area contributed by atoms with E-state index >= 15 is 0 Å². The number of fused-ring (bicyclic) bond motifs is 1. The molecule has 2 heterocycles. The molecule has 0 atom stereocenters. The van der Waals surface area contributed by atoms with Crippen molar-refractivity contribution in [2.24, 2.45) is 0 Å². The summed E-state index contributed by atoms with van der Waals surface area (Å²) in [5, 5.41) is 9.05. The summed E-state index contributed by atoms with van der Waals surface area (Å²) < 4.78 is 13.0. The Balaban J connectivity index is 2.11. The fraction of sp³-hybridized carbons (Fsp3) is 0.385. The van der Waals surface area contributed by atoms with Crippen LogP contribution in [0.1, 0.15) is 29.2 Å². The van der Waals surface area contributed by atoms with Crippen molar-refractivity contribution in [2.45, 2.75) is 18.9 Å². The summed E-state index contributed by atoms with van der Waals surface area (Å²) in [6, 6.07) is 4.58. The largest absolute Gasteiger partial charge is 0.478 e. The van der Waals surface area contributed by atoms with Crippen LogP contribution in [0, 0.1) is 0 Å². The number of hydrogen-bond donors (Lipinski definition) is 2. The van der Waals surface area contributed by atoms with E-state index in [2.05, 4.69) is 4.98 Å². The normalized spacial score (nSPS) is 23.0. The Bertz CT molecular complexity index is 751. The van der Waals surface area contributed by atoms with Gasteiger partial charge in [-0.15, -0.1) is 0 Å². The second kappa shape index (κ2) is 4.90. The molecule has 1 aliphatic heterocycles. The number of hydrogen-bond acceptors (Lipinski definition) is 3. The van der Waals surface area contributed by atoms with E-state index in [0.29, 0.717) is 35.4 Å². The zero-order chi connectivity index (χ0) is 14.3. The van der Waals surface area contributed by atoms with Crippen molar-refractivity contribution >= 4 is 27.8 Å². The zero-order valence-electron chi connectivity index (χ0n) is 10.7. The number of rotatable bonds is 2. The highest BCUT2D eigenvalue weighted by Gasteiger charge is 2.23. The number of carboxylic acid groups (broad SMARTS) is 1. The van der Waals surface area contributed by atoms with Crippen molar-refractivity contribution in [1.29, 1.82) is 0 Å². The maximum absolute atomic E-state index is 12.1. The molecule has 3 rings (SSSR count). The van der Waals surface area contributed by atoms with Gasteiger partial charge in [-0.25, -0.2) is 9.59 Å². The molecule has 1 aromatic heterocycles. The molecule has 0 amide bonds. The van der Waals surface area contributed by atoms with Crippen molar-refractivity contribution in [1.82, 2.24) is 9.55 Å². The highest BCUT2D eigenvalue weighted by Crippen LogP contribution is 2.25. The summed E-state index contributed by atoms with van der Waals surface area (Å²) in [5.74, 6) is 0.155. The van der Waals surface area contributed by atoms with E-state index in [0.717, 1.165) is 0 Å². The van der Waals surface area contributed by atoms with Crippen molar-refractivity contribution in [2.75, 3.05) is 11.5 Å². The smallest absolute Gasteiger partial charge is 0.335 e. The van der Waals surface area contributed by atoms with Gasteiger partial charge in [0.2, 0.25) is 0 Å². The van der Waals surface area contributed by atoms with Gasteiger partial charge < -0.3 is 10.1 Å². The molecule has 0 radical (unpaired) electrons. The third-order valence-corrected chi connectivity index (χ3v) is 5.07. The summed E-state index contributed by atoms with van der Waals surface area (Å²) in [6.45, 7) is 0. The lowest BCUT2D eigenvalue weighted by Gasteiger charge is -2.22. The minimum absolute atomic E-state index is 0.0157. The van der Waals surface area contributed by atoms with Crippen LogP contribution in [0.5, 0.6) is 0 Å². The molecular weight excluding hydrogens is 280 g/mol. The quantitative estimate of drug-likeness (QED) is 0.868. The molecule has 0 aliphatic carbocycles. The Hall–Kier alpha value is -1.89. The van der Waals surface area contributed by atoms with Gasteiger partial charge >= 0.3 is 11.7 Å². The zero-order valence-corrected chi connectivity index (χ0v) is 11.5. The first kappa shape index (κ1) is 13.1. The number of H-pyrrole nitrogens is 1. The predicted octanol–water partition coefficient (Wildman–Crippen LogP) is 1.11. The standard InChI is InChI=1S/C13H14N2O4S/c16-12(17)8-1-2-10-11(7-8)15(13(18)14-10)9-3-5-20(19)6-4-9/h1-2,7,9H,3-6H2,(H,14,18)(H,16,17).